The van der Waals surface area contributed by atoms with Crippen molar-refractivity contribution in [3.05, 3.63) is 23.7 Å². The monoisotopic (exact) mass is 118 g/mol. The minimum Gasteiger partial charge on any atom is -0.117 e. The first kappa shape index (κ1) is 6.66. The second kappa shape index (κ2) is 2.91. The molecule has 0 aromatic heterocycles. The van der Waals surface area contributed by atoms with Crippen LogP contribution >= 0.6 is 0 Å². The van der Waals surface area contributed by atoms with Gasteiger partial charge in [-0.1, -0.05) is 25.2 Å². The van der Waals surface area contributed by atoms with Crippen LogP contribution in [-0.4, -0.2) is 7.85 Å². The molecule has 1 rings (SSSR count). The number of allylic oxidation sites excluding steroid dienone is 4. The zero-order valence-electron chi connectivity index (χ0n) is 5.80. The van der Waals surface area contributed by atoms with Gasteiger partial charge in [0.25, 0.3) is 0 Å². The van der Waals surface area contributed by atoms with Crippen molar-refractivity contribution in [1.82, 2.24) is 0 Å². The zero-order valence-corrected chi connectivity index (χ0v) is 5.80. The van der Waals surface area contributed by atoms with Crippen LogP contribution in [0.5, 0.6) is 0 Å². The van der Waals surface area contributed by atoms with E-state index in [0.29, 0.717) is 5.92 Å². The standard InChI is InChI=1S/C8H11B/c1-2-7-4-3-5-8(9)6-7/h3-4,6-7H,2,5H2,1H3. The normalized spacial score (nSPS) is 25.9. The molecule has 1 heteroatoms. The van der Waals surface area contributed by atoms with Gasteiger partial charge in [0.15, 0.2) is 0 Å². The van der Waals surface area contributed by atoms with Gasteiger partial charge in [-0.3, -0.25) is 0 Å². The molecule has 0 amide bonds. The van der Waals surface area contributed by atoms with E-state index in [1.807, 2.05) is 0 Å². The molecule has 0 heterocycles. The molecule has 9 heavy (non-hydrogen) atoms. The summed E-state index contributed by atoms with van der Waals surface area (Å²) in [6.45, 7) is 2.17. The minimum atomic E-state index is 0.596. The Morgan fingerprint density at radius 2 is 2.56 bits per heavy atom. The van der Waals surface area contributed by atoms with E-state index in [4.69, 9.17) is 7.85 Å². The molecule has 0 spiro atoms. The third-order valence-corrected chi connectivity index (χ3v) is 1.64. The van der Waals surface area contributed by atoms with E-state index >= 15 is 0 Å². The fourth-order valence-corrected chi connectivity index (χ4v) is 1.03. The van der Waals surface area contributed by atoms with Crippen LogP contribution in [0.3, 0.4) is 0 Å². The molecule has 2 radical (unpaired) electrons. The summed E-state index contributed by atoms with van der Waals surface area (Å²) >= 11 is 0. The summed E-state index contributed by atoms with van der Waals surface area (Å²) in [5.41, 5.74) is 1.02. The second-order valence-electron chi connectivity index (χ2n) is 2.45. The highest BCUT2D eigenvalue weighted by molar-refractivity contribution is 6.21. The van der Waals surface area contributed by atoms with Gasteiger partial charge in [0.1, 0.15) is 7.85 Å². The lowest BCUT2D eigenvalue weighted by atomic mass is 9.84. The summed E-state index contributed by atoms with van der Waals surface area (Å²) in [5, 5.41) is 0. The van der Waals surface area contributed by atoms with E-state index in [1.54, 1.807) is 0 Å². The van der Waals surface area contributed by atoms with Crippen molar-refractivity contribution in [2.24, 2.45) is 5.92 Å². The number of hydrogen-bond acceptors (Lipinski definition) is 0. The molecular formula is C8H11B. The molecule has 46 valence electrons. The first-order valence-electron chi connectivity index (χ1n) is 3.45. The Kier molecular flexibility index (Phi) is 2.15. The van der Waals surface area contributed by atoms with Crippen LogP contribution in [-0.2, 0) is 0 Å². The SMILES string of the molecule is [B]C1=CC(CC)C=CC1. The van der Waals surface area contributed by atoms with Gasteiger partial charge in [0.2, 0.25) is 0 Å². The fraction of sp³-hybridized carbons (Fsp3) is 0.500. The van der Waals surface area contributed by atoms with Crippen molar-refractivity contribution in [2.75, 3.05) is 0 Å². The molecule has 0 saturated carbocycles. The molecule has 1 unspecified atom stereocenters. The Morgan fingerprint density at radius 3 is 3.00 bits per heavy atom. The molecule has 0 aliphatic heterocycles. The van der Waals surface area contributed by atoms with Crippen LogP contribution in [0.25, 0.3) is 0 Å². The molecule has 0 saturated heterocycles. The quantitative estimate of drug-likeness (QED) is 0.365. The Balaban J connectivity index is 2.55. The third kappa shape index (κ3) is 1.74. The largest absolute Gasteiger partial charge is 0.117 e. The Labute approximate surface area is 58.1 Å². The maximum Gasteiger partial charge on any atom is 0.107 e. The zero-order chi connectivity index (χ0) is 6.69. The summed E-state index contributed by atoms with van der Waals surface area (Å²) in [4.78, 5) is 0. The Bertz CT molecular complexity index is 145. The van der Waals surface area contributed by atoms with Crippen LogP contribution in [0.4, 0.5) is 0 Å². The summed E-state index contributed by atoms with van der Waals surface area (Å²) in [6.07, 6.45) is 8.60. The first-order chi connectivity index (χ1) is 4.33. The lowest BCUT2D eigenvalue weighted by Gasteiger charge is -2.10. The molecule has 0 bridgehead atoms. The summed E-state index contributed by atoms with van der Waals surface area (Å²) in [7, 11) is 5.61. The Hall–Kier alpha value is -0.455. The predicted molar refractivity (Wildman–Crippen MR) is 41.4 cm³/mol. The second-order valence-corrected chi connectivity index (χ2v) is 2.45. The van der Waals surface area contributed by atoms with Gasteiger partial charge < -0.3 is 0 Å². The van der Waals surface area contributed by atoms with Crippen molar-refractivity contribution in [3.8, 4) is 0 Å². The Morgan fingerprint density at radius 1 is 1.78 bits per heavy atom. The van der Waals surface area contributed by atoms with Crippen LogP contribution in [0.2, 0.25) is 0 Å². The van der Waals surface area contributed by atoms with Crippen LogP contribution < -0.4 is 0 Å². The van der Waals surface area contributed by atoms with Crippen LogP contribution in [0, 0.1) is 5.92 Å². The lowest BCUT2D eigenvalue weighted by molar-refractivity contribution is 0.757. The van der Waals surface area contributed by atoms with Gasteiger partial charge in [-0.25, -0.2) is 0 Å². The van der Waals surface area contributed by atoms with Crippen LogP contribution in [0.1, 0.15) is 19.8 Å². The molecule has 1 atom stereocenters. The van der Waals surface area contributed by atoms with Crippen molar-refractivity contribution in [2.45, 2.75) is 19.8 Å². The summed E-state index contributed by atoms with van der Waals surface area (Å²) in [6, 6.07) is 0. The first-order valence-corrected chi connectivity index (χ1v) is 3.45. The molecular weight excluding hydrogens is 107 g/mol. The van der Waals surface area contributed by atoms with Gasteiger partial charge >= 0.3 is 0 Å². The molecule has 1 aliphatic rings. The number of rotatable bonds is 1. The number of hydrogen-bond donors (Lipinski definition) is 0. The lowest BCUT2D eigenvalue weighted by Crippen LogP contribution is -1.96. The van der Waals surface area contributed by atoms with E-state index in [-0.39, 0.29) is 0 Å². The average Bonchev–Trinajstić information content (AvgIpc) is 1.88. The van der Waals surface area contributed by atoms with Crippen molar-refractivity contribution < 1.29 is 0 Å². The van der Waals surface area contributed by atoms with Crippen molar-refractivity contribution >= 4 is 7.85 Å². The molecule has 1 aliphatic carbocycles. The van der Waals surface area contributed by atoms with Crippen molar-refractivity contribution in [1.29, 1.82) is 0 Å². The summed E-state index contributed by atoms with van der Waals surface area (Å²) < 4.78 is 0. The maximum atomic E-state index is 5.61. The minimum absolute atomic E-state index is 0.596. The van der Waals surface area contributed by atoms with E-state index in [0.717, 1.165) is 18.3 Å². The highest BCUT2D eigenvalue weighted by atomic mass is 14.0. The van der Waals surface area contributed by atoms with Gasteiger partial charge in [0.05, 0.1) is 0 Å². The van der Waals surface area contributed by atoms with Gasteiger partial charge in [-0.05, 0) is 18.8 Å². The topological polar surface area (TPSA) is 0 Å². The molecule has 0 fully saturated rings. The van der Waals surface area contributed by atoms with E-state index in [9.17, 15) is 0 Å². The fourth-order valence-electron chi connectivity index (χ4n) is 1.03. The highest BCUT2D eigenvalue weighted by Gasteiger charge is 2.00. The van der Waals surface area contributed by atoms with Crippen LogP contribution in [0.15, 0.2) is 23.7 Å². The van der Waals surface area contributed by atoms with Gasteiger partial charge in [-0.2, -0.15) is 0 Å². The van der Waals surface area contributed by atoms with E-state index < -0.39 is 0 Å². The molecule has 0 aromatic rings. The smallest absolute Gasteiger partial charge is 0.107 e. The van der Waals surface area contributed by atoms with E-state index in [2.05, 4.69) is 25.2 Å². The van der Waals surface area contributed by atoms with Gasteiger partial charge in [0, 0.05) is 0 Å². The molecule has 0 nitrogen and oxygen atoms in total. The predicted octanol–water partition coefficient (Wildman–Crippen LogP) is 2.02. The van der Waals surface area contributed by atoms with E-state index in [1.165, 1.54) is 0 Å². The maximum absolute atomic E-state index is 5.61. The third-order valence-electron chi connectivity index (χ3n) is 1.64. The molecule has 0 N–H and O–H groups in total. The van der Waals surface area contributed by atoms with Gasteiger partial charge in [-0.15, -0.1) is 5.47 Å². The average molecular weight is 118 g/mol. The van der Waals surface area contributed by atoms with Crippen molar-refractivity contribution in [3.63, 3.8) is 0 Å². The highest BCUT2D eigenvalue weighted by Crippen LogP contribution is 2.15. The summed E-state index contributed by atoms with van der Waals surface area (Å²) in [5.74, 6) is 0.596. The molecule has 0 aromatic carbocycles.